The minimum absolute atomic E-state index is 0. The zero-order chi connectivity index (χ0) is 42.8. The van der Waals surface area contributed by atoms with Crippen LogP contribution in [0.3, 0.4) is 0 Å². The molecule has 0 amide bonds. The van der Waals surface area contributed by atoms with Crippen LogP contribution in [0.1, 0.15) is 63.9 Å². The Morgan fingerprint density at radius 2 is 1.32 bits per heavy atom. The van der Waals surface area contributed by atoms with Gasteiger partial charge in [0.05, 0.1) is 22.1 Å². The van der Waals surface area contributed by atoms with E-state index >= 15 is 0 Å². The number of rotatable bonds is 7. The van der Waals surface area contributed by atoms with Gasteiger partial charge in [0.1, 0.15) is 11.6 Å². The number of para-hydroxylation sites is 3. The van der Waals surface area contributed by atoms with Crippen molar-refractivity contribution in [1.29, 1.82) is 0 Å². The van der Waals surface area contributed by atoms with Crippen molar-refractivity contribution in [1.82, 2.24) is 19.1 Å². The van der Waals surface area contributed by atoms with E-state index in [2.05, 4.69) is 169 Å². The Labute approximate surface area is 379 Å². The van der Waals surface area contributed by atoms with Crippen LogP contribution in [0.5, 0.6) is 5.75 Å². The Hall–Kier alpha value is -6.29. The molecule has 0 atom stereocenters. The number of aryl methyl sites for hydroxylation is 2. The molecular formula is C56H51N4OPt-. The normalized spacial score (nSPS) is 11.9. The van der Waals surface area contributed by atoms with Crippen molar-refractivity contribution in [3.63, 3.8) is 0 Å². The van der Waals surface area contributed by atoms with Gasteiger partial charge in [0.25, 0.3) is 0 Å². The molecule has 0 aliphatic heterocycles. The summed E-state index contributed by atoms with van der Waals surface area (Å²) in [5, 5.41) is 11.9. The van der Waals surface area contributed by atoms with E-state index in [9.17, 15) is 5.11 Å². The number of pyridine rings is 1. The van der Waals surface area contributed by atoms with E-state index in [1.54, 1.807) is 6.07 Å². The first-order chi connectivity index (χ1) is 29.2. The maximum atomic E-state index is 10.7. The number of nitrogens with zero attached hydrogens (tertiary/aromatic N) is 4. The number of hydrogen-bond donors (Lipinski definition) is 1. The van der Waals surface area contributed by atoms with Crippen LogP contribution in [0.15, 0.2) is 146 Å². The van der Waals surface area contributed by atoms with E-state index < -0.39 is 0 Å². The van der Waals surface area contributed by atoms with E-state index in [0.29, 0.717) is 11.4 Å². The molecule has 0 bridgehead atoms. The number of benzene rings is 6. The second-order valence-corrected chi connectivity index (χ2v) is 18.2. The molecule has 0 unspecified atom stereocenters. The Balaban J connectivity index is 0.00000529. The molecule has 62 heavy (non-hydrogen) atoms. The van der Waals surface area contributed by atoms with E-state index in [0.717, 1.165) is 61.4 Å². The van der Waals surface area contributed by atoms with Crippen LogP contribution in [-0.2, 0) is 38.9 Å². The van der Waals surface area contributed by atoms with Crippen molar-refractivity contribution >= 4 is 28.0 Å². The second kappa shape index (κ2) is 16.2. The van der Waals surface area contributed by atoms with E-state index in [4.69, 9.17) is 9.97 Å². The second-order valence-electron chi connectivity index (χ2n) is 18.2. The fourth-order valence-electron chi connectivity index (χ4n) is 8.60. The largest absolute Gasteiger partial charge is 0.507 e. The fourth-order valence-corrected chi connectivity index (χ4v) is 8.60. The monoisotopic (exact) mass is 990 g/mol. The van der Waals surface area contributed by atoms with Gasteiger partial charge in [0.2, 0.25) is 0 Å². The minimum Gasteiger partial charge on any atom is -0.507 e. The van der Waals surface area contributed by atoms with Gasteiger partial charge in [-0.25, -0.2) is 4.98 Å². The van der Waals surface area contributed by atoms with Gasteiger partial charge >= 0.3 is 0 Å². The van der Waals surface area contributed by atoms with Crippen LogP contribution in [0.25, 0.3) is 89.7 Å². The molecule has 3 aromatic heterocycles. The Kier molecular flexibility index (Phi) is 11.1. The molecular weight excluding hydrogens is 940 g/mol. The standard InChI is InChI=1S/C56H51N4O.Pt/c1-10-49-35(2)44-22-15-24-46(53(44)60(49)43-20-14-17-36(32-43)40-30-41(55(3,4)5)34-42(31-40)56(6,7)8)38-27-28-57-48(33-38)39-19-13-18-37(29-39)45-23-16-25-50-52(45)58-54(59(50)9)47-21-11-12-26-51(47)61;/h10-28,30-34,61H,1H2,2-9H3;/q-1;. The summed E-state index contributed by atoms with van der Waals surface area (Å²) in [7, 11) is 1.98. The number of phenols is 1. The maximum absolute atomic E-state index is 10.7. The molecule has 6 aromatic carbocycles. The molecule has 6 heteroatoms. The van der Waals surface area contributed by atoms with E-state index in [1.165, 1.54) is 33.2 Å². The molecule has 0 aliphatic carbocycles. The summed E-state index contributed by atoms with van der Waals surface area (Å²) in [5.41, 5.74) is 17.8. The Morgan fingerprint density at radius 1 is 0.661 bits per heavy atom. The van der Waals surface area contributed by atoms with Crippen molar-refractivity contribution in [2.45, 2.75) is 59.3 Å². The van der Waals surface area contributed by atoms with Gasteiger partial charge in [-0.05, 0) is 93.6 Å². The molecule has 0 spiro atoms. The number of aromatic nitrogens is 4. The third-order valence-corrected chi connectivity index (χ3v) is 12.1. The zero-order valence-corrected chi connectivity index (χ0v) is 38.9. The predicted molar refractivity (Wildman–Crippen MR) is 255 cm³/mol. The van der Waals surface area contributed by atoms with Crippen LogP contribution in [-0.4, -0.2) is 24.2 Å². The number of hydrogen-bond acceptors (Lipinski definition) is 3. The number of aromatic hydroxyl groups is 1. The summed E-state index contributed by atoms with van der Waals surface area (Å²) in [6.45, 7) is 20.2. The third kappa shape index (κ3) is 7.54. The van der Waals surface area contributed by atoms with Gasteiger partial charge in [-0.2, -0.15) is 0 Å². The van der Waals surface area contributed by atoms with Crippen molar-refractivity contribution in [2.75, 3.05) is 0 Å². The van der Waals surface area contributed by atoms with Crippen molar-refractivity contribution in [3.8, 4) is 67.5 Å². The number of imidazole rings is 1. The van der Waals surface area contributed by atoms with Gasteiger partial charge in [0, 0.05) is 62.3 Å². The van der Waals surface area contributed by atoms with Crippen molar-refractivity contribution in [2.24, 2.45) is 7.05 Å². The first kappa shape index (κ1) is 42.4. The summed E-state index contributed by atoms with van der Waals surface area (Å²) in [6, 6.07) is 50.3. The van der Waals surface area contributed by atoms with E-state index in [1.807, 2.05) is 48.2 Å². The van der Waals surface area contributed by atoms with Crippen LogP contribution >= 0.6 is 0 Å². The van der Waals surface area contributed by atoms with Gasteiger partial charge in [-0.3, -0.25) is 4.98 Å². The van der Waals surface area contributed by atoms with Crippen molar-refractivity contribution in [3.05, 3.63) is 175 Å². The molecule has 0 saturated heterocycles. The molecule has 0 radical (unpaired) electrons. The number of phenolic OH excluding ortho intramolecular Hbond substituents is 1. The molecule has 9 rings (SSSR count). The van der Waals surface area contributed by atoms with Gasteiger partial charge in [-0.15, -0.1) is 29.8 Å². The Morgan fingerprint density at radius 3 is 2.05 bits per heavy atom. The minimum atomic E-state index is 0. The summed E-state index contributed by atoms with van der Waals surface area (Å²) < 4.78 is 4.40. The van der Waals surface area contributed by atoms with Gasteiger partial charge in [-0.1, -0.05) is 138 Å². The van der Waals surface area contributed by atoms with Crippen LogP contribution in [0.2, 0.25) is 0 Å². The molecule has 0 saturated carbocycles. The molecule has 3 heterocycles. The summed E-state index contributed by atoms with van der Waals surface area (Å²) in [6.07, 6.45) is 3.88. The van der Waals surface area contributed by atoms with E-state index in [-0.39, 0.29) is 37.6 Å². The van der Waals surface area contributed by atoms with Crippen LogP contribution in [0, 0.1) is 13.0 Å². The summed E-state index contributed by atoms with van der Waals surface area (Å²) in [5.74, 6) is 0.905. The molecule has 0 fully saturated rings. The summed E-state index contributed by atoms with van der Waals surface area (Å²) >= 11 is 0. The molecule has 0 aliphatic rings. The van der Waals surface area contributed by atoms with Crippen molar-refractivity contribution < 1.29 is 26.2 Å². The number of fused-ring (bicyclic) bond motifs is 2. The first-order valence-corrected chi connectivity index (χ1v) is 21.0. The fraction of sp³-hybridized carbons (Fsp3) is 0.179. The zero-order valence-electron chi connectivity index (χ0n) is 36.6. The molecule has 9 aromatic rings. The molecule has 312 valence electrons. The van der Waals surface area contributed by atoms with Gasteiger partial charge < -0.3 is 14.2 Å². The van der Waals surface area contributed by atoms with Gasteiger partial charge in [0.15, 0.2) is 0 Å². The predicted octanol–water partition coefficient (Wildman–Crippen LogP) is 14.3. The molecule has 5 nitrogen and oxygen atoms in total. The first-order valence-electron chi connectivity index (χ1n) is 21.0. The SMILES string of the molecule is C=Cc1c(C)c2cccc(-c3ccnc(-c4[c-]c(-c5cccc6c5nc(-c5ccccc5O)n6C)ccc4)c3)c2n1-c1cccc(-c2cc(C(C)(C)C)cc(C(C)(C)C)c2)c1.[Pt]. The Bertz CT molecular complexity index is 3140. The van der Waals surface area contributed by atoms with Crippen LogP contribution in [0.4, 0.5) is 0 Å². The maximum Gasteiger partial charge on any atom is 0.143 e. The quantitative estimate of drug-likeness (QED) is 0.162. The molecule has 1 N–H and O–H groups in total. The third-order valence-electron chi connectivity index (χ3n) is 12.1. The summed E-state index contributed by atoms with van der Waals surface area (Å²) in [4.78, 5) is 9.95. The average Bonchev–Trinajstić information content (AvgIpc) is 3.75. The smallest absolute Gasteiger partial charge is 0.143 e. The topological polar surface area (TPSA) is 55.9 Å². The average molecular weight is 991 g/mol. The van der Waals surface area contributed by atoms with Crippen LogP contribution < -0.4 is 0 Å².